The second-order valence-corrected chi connectivity index (χ2v) is 10.2. The summed E-state index contributed by atoms with van der Waals surface area (Å²) in [6.45, 7) is 7.40. The second kappa shape index (κ2) is 9.44. The molecule has 10 heteroatoms. The molecule has 1 aliphatic heterocycles. The molecule has 0 spiro atoms. The summed E-state index contributed by atoms with van der Waals surface area (Å²) in [5.74, 6) is 0.647. The quantitative estimate of drug-likeness (QED) is 0.515. The number of sulfonamides is 1. The number of nitrogens with zero attached hydrogens (tertiary/aromatic N) is 4. The molecule has 0 radical (unpaired) electrons. The molecule has 1 aromatic rings. The van der Waals surface area contributed by atoms with Gasteiger partial charge in [-0.15, -0.1) is 0 Å². The monoisotopic (exact) mass is 427 g/mol. The number of nitrogens with one attached hydrogen (secondary N) is 1. The maximum absolute atomic E-state index is 12.6. The summed E-state index contributed by atoms with van der Waals surface area (Å²) >= 11 is 0. The zero-order chi connectivity index (χ0) is 20.9. The molecule has 0 amide bonds. The summed E-state index contributed by atoms with van der Waals surface area (Å²) in [5.41, 5.74) is 0.225. The van der Waals surface area contributed by atoms with Crippen molar-refractivity contribution in [2.24, 2.45) is 10.4 Å². The van der Waals surface area contributed by atoms with Crippen molar-refractivity contribution >= 4 is 16.0 Å². The normalized spacial score (nSPS) is 27.2. The molecule has 29 heavy (non-hydrogen) atoms. The predicted molar refractivity (Wildman–Crippen MR) is 111 cm³/mol. The number of guanidine groups is 1. The lowest BCUT2D eigenvalue weighted by molar-refractivity contribution is 0.00700. The molecule has 2 atom stereocenters. The van der Waals surface area contributed by atoms with Crippen LogP contribution in [0.25, 0.3) is 0 Å². The van der Waals surface area contributed by atoms with Crippen molar-refractivity contribution in [3.63, 3.8) is 0 Å². The highest BCUT2D eigenvalue weighted by Crippen LogP contribution is 2.36. The molecule has 2 unspecified atom stereocenters. The van der Waals surface area contributed by atoms with Gasteiger partial charge >= 0.3 is 0 Å². The van der Waals surface area contributed by atoms with Gasteiger partial charge in [0.05, 0.1) is 18.3 Å². The van der Waals surface area contributed by atoms with Crippen LogP contribution in [0, 0.1) is 5.41 Å². The Morgan fingerprint density at radius 1 is 1.38 bits per heavy atom. The second-order valence-electron chi connectivity index (χ2n) is 8.22. The number of aromatic nitrogens is 1. The standard InChI is InChI=1S/C19H33N5O4S/c1-3-20-18(21-15-19(2)8-5-4-6-17(19)25)23-9-11-24(12-10-23)29(26,27)14-16-7-13-28-22-16/h7,13,17,25H,3-6,8-12,14-15H2,1-2H3,(H,20,21). The largest absolute Gasteiger partial charge is 0.392 e. The molecule has 9 nitrogen and oxygen atoms in total. The first-order chi connectivity index (χ1) is 13.8. The summed E-state index contributed by atoms with van der Waals surface area (Å²) in [6.07, 6.45) is 5.08. The van der Waals surface area contributed by atoms with E-state index in [1.807, 2.05) is 6.92 Å². The Balaban J connectivity index is 1.60. The SMILES string of the molecule is CCNC(=NCC1(C)CCCCC1O)N1CCN(S(=O)(=O)Cc2ccon2)CC1. The Kier molecular flexibility index (Phi) is 7.18. The van der Waals surface area contributed by atoms with Crippen molar-refractivity contribution < 1.29 is 18.0 Å². The van der Waals surface area contributed by atoms with E-state index in [1.165, 1.54) is 10.6 Å². The van der Waals surface area contributed by atoms with E-state index in [4.69, 9.17) is 9.52 Å². The van der Waals surface area contributed by atoms with Gasteiger partial charge in [-0.25, -0.2) is 8.42 Å². The molecule has 164 valence electrons. The first-order valence-electron chi connectivity index (χ1n) is 10.4. The van der Waals surface area contributed by atoms with E-state index in [9.17, 15) is 13.5 Å². The predicted octanol–water partition coefficient (Wildman–Crippen LogP) is 1.03. The van der Waals surface area contributed by atoms with Crippen LogP contribution in [-0.4, -0.2) is 79.2 Å². The molecule has 0 aromatic carbocycles. The summed E-state index contributed by atoms with van der Waals surface area (Å²) in [7, 11) is -3.42. The summed E-state index contributed by atoms with van der Waals surface area (Å²) < 4.78 is 31.5. The summed E-state index contributed by atoms with van der Waals surface area (Å²) in [4.78, 5) is 6.91. The van der Waals surface area contributed by atoms with Gasteiger partial charge in [-0.3, -0.25) is 4.99 Å². The lowest BCUT2D eigenvalue weighted by atomic mass is 9.73. The van der Waals surface area contributed by atoms with Crippen molar-refractivity contribution in [1.82, 2.24) is 19.7 Å². The Hall–Kier alpha value is -1.65. The highest BCUT2D eigenvalue weighted by Gasteiger charge is 2.36. The fourth-order valence-corrected chi connectivity index (χ4v) is 5.44. The minimum absolute atomic E-state index is 0.145. The van der Waals surface area contributed by atoms with E-state index >= 15 is 0 Å². The van der Waals surface area contributed by atoms with Gasteiger partial charge in [-0.05, 0) is 19.8 Å². The van der Waals surface area contributed by atoms with Gasteiger partial charge in [-0.1, -0.05) is 24.9 Å². The Labute approximate surface area is 173 Å². The topological polar surface area (TPSA) is 111 Å². The first-order valence-corrected chi connectivity index (χ1v) is 12.0. The molecule has 2 fully saturated rings. The Morgan fingerprint density at radius 3 is 2.76 bits per heavy atom. The molecule has 2 aliphatic rings. The number of hydrogen-bond donors (Lipinski definition) is 2. The van der Waals surface area contributed by atoms with Crippen LogP contribution >= 0.6 is 0 Å². The lowest BCUT2D eigenvalue weighted by Crippen LogP contribution is -2.54. The van der Waals surface area contributed by atoms with Gasteiger partial charge < -0.3 is 19.8 Å². The first kappa shape index (κ1) is 22.0. The Morgan fingerprint density at radius 2 is 2.14 bits per heavy atom. The molecule has 1 aromatic heterocycles. The zero-order valence-electron chi connectivity index (χ0n) is 17.4. The minimum Gasteiger partial charge on any atom is -0.392 e. The van der Waals surface area contributed by atoms with E-state index in [-0.39, 0.29) is 17.3 Å². The van der Waals surface area contributed by atoms with Crippen molar-refractivity contribution in [1.29, 1.82) is 0 Å². The van der Waals surface area contributed by atoms with Crippen LogP contribution in [0.1, 0.15) is 45.2 Å². The summed E-state index contributed by atoms with van der Waals surface area (Å²) in [6, 6.07) is 1.57. The maximum Gasteiger partial charge on any atom is 0.220 e. The van der Waals surface area contributed by atoms with Crippen LogP contribution in [0.3, 0.4) is 0 Å². The minimum atomic E-state index is -3.42. The number of piperazine rings is 1. The highest BCUT2D eigenvalue weighted by molar-refractivity contribution is 7.88. The van der Waals surface area contributed by atoms with Gasteiger partial charge in [0, 0.05) is 44.2 Å². The molecular weight excluding hydrogens is 394 g/mol. The molecule has 0 bridgehead atoms. The van der Waals surface area contributed by atoms with Crippen LogP contribution in [-0.2, 0) is 15.8 Å². The average Bonchev–Trinajstić information content (AvgIpc) is 3.20. The van der Waals surface area contributed by atoms with E-state index in [0.717, 1.165) is 38.2 Å². The van der Waals surface area contributed by atoms with E-state index in [1.54, 1.807) is 6.07 Å². The van der Waals surface area contributed by atoms with Gasteiger partial charge in [0.25, 0.3) is 0 Å². The molecule has 1 aliphatic carbocycles. The van der Waals surface area contributed by atoms with Crippen molar-refractivity contribution in [2.75, 3.05) is 39.3 Å². The highest BCUT2D eigenvalue weighted by atomic mass is 32.2. The number of rotatable bonds is 6. The van der Waals surface area contributed by atoms with Crippen molar-refractivity contribution in [2.45, 2.75) is 51.4 Å². The van der Waals surface area contributed by atoms with Gasteiger partial charge in [0.2, 0.25) is 10.0 Å². The van der Waals surface area contributed by atoms with Crippen LogP contribution in [0.5, 0.6) is 0 Å². The van der Waals surface area contributed by atoms with Gasteiger partial charge in [0.15, 0.2) is 5.96 Å². The van der Waals surface area contributed by atoms with E-state index < -0.39 is 10.0 Å². The van der Waals surface area contributed by atoms with Crippen molar-refractivity contribution in [3.8, 4) is 0 Å². The lowest BCUT2D eigenvalue weighted by Gasteiger charge is -2.39. The molecule has 3 rings (SSSR count). The Bertz CT molecular complexity index is 775. The van der Waals surface area contributed by atoms with Crippen LogP contribution in [0.15, 0.2) is 21.8 Å². The fraction of sp³-hybridized carbons (Fsp3) is 0.789. The smallest absolute Gasteiger partial charge is 0.220 e. The molecule has 2 N–H and O–H groups in total. The van der Waals surface area contributed by atoms with Crippen LogP contribution in [0.4, 0.5) is 0 Å². The summed E-state index contributed by atoms with van der Waals surface area (Å²) in [5, 5.41) is 17.4. The number of aliphatic hydroxyl groups excluding tert-OH is 1. The number of hydrogen-bond acceptors (Lipinski definition) is 6. The third-order valence-corrected chi connectivity index (χ3v) is 7.77. The number of aliphatic hydroxyl groups is 1. The van der Waals surface area contributed by atoms with E-state index in [2.05, 4.69) is 22.3 Å². The van der Waals surface area contributed by atoms with E-state index in [0.29, 0.717) is 38.4 Å². The third kappa shape index (κ3) is 5.49. The molecule has 1 saturated heterocycles. The maximum atomic E-state index is 12.6. The third-order valence-electron chi connectivity index (χ3n) is 5.96. The average molecular weight is 428 g/mol. The van der Waals surface area contributed by atoms with Crippen LogP contribution in [0.2, 0.25) is 0 Å². The van der Waals surface area contributed by atoms with Gasteiger partial charge in [0.1, 0.15) is 12.0 Å². The number of aliphatic imine (C=N–C) groups is 1. The van der Waals surface area contributed by atoms with Gasteiger partial charge in [-0.2, -0.15) is 4.31 Å². The molecule has 2 heterocycles. The van der Waals surface area contributed by atoms with Crippen LogP contribution < -0.4 is 5.32 Å². The van der Waals surface area contributed by atoms with Crippen molar-refractivity contribution in [3.05, 3.63) is 18.0 Å². The molecular formula is C19H33N5O4S. The fourth-order valence-electron chi connectivity index (χ4n) is 4.02. The zero-order valence-corrected chi connectivity index (χ0v) is 18.2. The molecule has 1 saturated carbocycles.